The van der Waals surface area contributed by atoms with Crippen molar-refractivity contribution in [3.63, 3.8) is 0 Å². The minimum absolute atomic E-state index is 0.581. The number of hydrogen-bond donors (Lipinski definition) is 1. The van der Waals surface area contributed by atoms with Crippen molar-refractivity contribution in [3.8, 4) is 5.69 Å². The fraction of sp³-hybridized carbons (Fsp3) is 0.273. The zero-order valence-corrected chi connectivity index (χ0v) is 10.8. The first-order chi connectivity index (χ1) is 8.20. The highest BCUT2D eigenvalue weighted by Gasteiger charge is 2.07. The van der Waals surface area contributed by atoms with Gasteiger partial charge in [-0.25, -0.2) is 4.68 Å². The topological polar surface area (TPSA) is 42.7 Å². The second-order valence-corrected chi connectivity index (χ2v) is 4.42. The molecule has 6 heteroatoms. The number of rotatable bonds is 4. The molecule has 0 amide bonds. The van der Waals surface area contributed by atoms with Crippen LogP contribution in [0.3, 0.4) is 0 Å². The van der Waals surface area contributed by atoms with Gasteiger partial charge in [-0.05, 0) is 24.7 Å². The molecule has 17 heavy (non-hydrogen) atoms. The Morgan fingerprint density at radius 2 is 1.94 bits per heavy atom. The maximum Gasteiger partial charge on any atom is 0.0783 e. The number of hydrogen-bond acceptors (Lipinski definition) is 3. The second kappa shape index (κ2) is 5.49. The van der Waals surface area contributed by atoms with E-state index in [0.29, 0.717) is 16.6 Å². The molecule has 0 aliphatic carbocycles. The third kappa shape index (κ3) is 2.97. The van der Waals surface area contributed by atoms with Crippen molar-refractivity contribution in [1.82, 2.24) is 20.3 Å². The van der Waals surface area contributed by atoms with Crippen LogP contribution in [-0.4, -0.2) is 21.5 Å². The molecule has 2 rings (SSSR count). The zero-order valence-electron chi connectivity index (χ0n) is 9.32. The van der Waals surface area contributed by atoms with Crippen LogP contribution in [0.4, 0.5) is 0 Å². The van der Waals surface area contributed by atoms with Crippen LogP contribution in [0.1, 0.15) is 12.6 Å². The molecule has 0 bridgehead atoms. The van der Waals surface area contributed by atoms with E-state index in [1.54, 1.807) is 29.1 Å². The van der Waals surface area contributed by atoms with Gasteiger partial charge < -0.3 is 5.32 Å². The molecule has 0 spiro atoms. The van der Waals surface area contributed by atoms with Crippen LogP contribution in [0, 0.1) is 0 Å². The molecule has 1 aromatic carbocycles. The Balaban J connectivity index is 2.35. The van der Waals surface area contributed by atoms with Crippen molar-refractivity contribution in [2.75, 3.05) is 6.54 Å². The van der Waals surface area contributed by atoms with Crippen LogP contribution in [0.2, 0.25) is 10.0 Å². The van der Waals surface area contributed by atoms with Gasteiger partial charge in [0.2, 0.25) is 0 Å². The minimum atomic E-state index is 0.581. The number of halogens is 2. The molecule has 0 saturated carbocycles. The van der Waals surface area contributed by atoms with Crippen LogP contribution in [0.25, 0.3) is 5.69 Å². The van der Waals surface area contributed by atoms with Crippen molar-refractivity contribution >= 4 is 23.2 Å². The van der Waals surface area contributed by atoms with Crippen LogP contribution >= 0.6 is 23.2 Å². The van der Waals surface area contributed by atoms with Crippen molar-refractivity contribution in [3.05, 3.63) is 40.1 Å². The lowest BCUT2D eigenvalue weighted by molar-refractivity contribution is 0.672. The van der Waals surface area contributed by atoms with E-state index in [2.05, 4.69) is 15.6 Å². The number of aromatic nitrogens is 3. The molecule has 0 fully saturated rings. The summed E-state index contributed by atoms with van der Waals surface area (Å²) in [7, 11) is 0. The molecular formula is C11H12Cl2N4. The Labute approximate surface area is 110 Å². The molecule has 90 valence electrons. The maximum atomic E-state index is 5.96. The van der Waals surface area contributed by atoms with Gasteiger partial charge in [0.1, 0.15) is 0 Å². The largest absolute Gasteiger partial charge is 0.311 e. The van der Waals surface area contributed by atoms with Gasteiger partial charge in [-0.1, -0.05) is 35.3 Å². The summed E-state index contributed by atoms with van der Waals surface area (Å²) in [6.45, 7) is 3.64. The third-order valence-electron chi connectivity index (χ3n) is 2.27. The molecule has 0 atom stereocenters. The lowest BCUT2D eigenvalue weighted by Gasteiger charge is -2.07. The van der Waals surface area contributed by atoms with Crippen LogP contribution in [0.5, 0.6) is 0 Å². The molecule has 4 nitrogen and oxygen atoms in total. The lowest BCUT2D eigenvalue weighted by Crippen LogP contribution is -2.15. The van der Waals surface area contributed by atoms with Crippen LogP contribution in [0.15, 0.2) is 24.4 Å². The summed E-state index contributed by atoms with van der Waals surface area (Å²) < 4.78 is 1.72. The summed E-state index contributed by atoms with van der Waals surface area (Å²) >= 11 is 11.9. The predicted molar refractivity (Wildman–Crippen MR) is 68.8 cm³/mol. The van der Waals surface area contributed by atoms with E-state index < -0.39 is 0 Å². The molecular weight excluding hydrogens is 259 g/mol. The summed E-state index contributed by atoms with van der Waals surface area (Å²) in [6.07, 6.45) is 1.72. The van der Waals surface area contributed by atoms with E-state index >= 15 is 0 Å². The van der Waals surface area contributed by atoms with Gasteiger partial charge in [0.25, 0.3) is 0 Å². The quantitative estimate of drug-likeness (QED) is 0.929. The average molecular weight is 271 g/mol. The van der Waals surface area contributed by atoms with Crippen molar-refractivity contribution in [2.24, 2.45) is 0 Å². The van der Waals surface area contributed by atoms with Gasteiger partial charge in [-0.15, -0.1) is 5.10 Å². The van der Waals surface area contributed by atoms with Crippen molar-refractivity contribution in [2.45, 2.75) is 13.5 Å². The molecule has 0 unspecified atom stereocenters. The van der Waals surface area contributed by atoms with E-state index in [1.807, 2.05) is 6.92 Å². The summed E-state index contributed by atoms with van der Waals surface area (Å²) in [6, 6.07) is 5.29. The summed E-state index contributed by atoms with van der Waals surface area (Å²) in [5, 5.41) is 12.3. The number of nitrogens with one attached hydrogen (secondary N) is 1. The molecule has 0 aliphatic rings. The second-order valence-electron chi connectivity index (χ2n) is 3.55. The van der Waals surface area contributed by atoms with Gasteiger partial charge in [0.15, 0.2) is 0 Å². The molecule has 0 aliphatic heterocycles. The number of nitrogens with zero attached hydrogens (tertiary/aromatic N) is 3. The lowest BCUT2D eigenvalue weighted by atomic mass is 10.3. The normalized spacial score (nSPS) is 10.8. The monoisotopic (exact) mass is 270 g/mol. The van der Waals surface area contributed by atoms with Gasteiger partial charge in [0.05, 0.1) is 17.6 Å². The molecule has 1 aromatic heterocycles. The van der Waals surface area contributed by atoms with Gasteiger partial charge in [-0.3, -0.25) is 0 Å². The first kappa shape index (κ1) is 12.4. The highest BCUT2D eigenvalue weighted by atomic mass is 35.5. The Kier molecular flexibility index (Phi) is 3.99. The van der Waals surface area contributed by atoms with Crippen molar-refractivity contribution < 1.29 is 0 Å². The first-order valence-electron chi connectivity index (χ1n) is 5.27. The molecule has 1 N–H and O–H groups in total. The highest BCUT2D eigenvalue weighted by Crippen LogP contribution is 2.21. The smallest absolute Gasteiger partial charge is 0.0783 e. The highest BCUT2D eigenvalue weighted by molar-refractivity contribution is 6.34. The van der Waals surface area contributed by atoms with E-state index in [-0.39, 0.29) is 0 Å². The minimum Gasteiger partial charge on any atom is -0.311 e. The maximum absolute atomic E-state index is 5.96. The third-order valence-corrected chi connectivity index (χ3v) is 2.70. The van der Waals surface area contributed by atoms with Gasteiger partial charge in [-0.2, -0.15) is 0 Å². The Bertz CT molecular complexity index is 490. The Morgan fingerprint density at radius 3 is 2.59 bits per heavy atom. The van der Waals surface area contributed by atoms with E-state index in [4.69, 9.17) is 23.2 Å². The predicted octanol–water partition coefficient (Wildman–Crippen LogP) is 2.68. The standard InChI is InChI=1S/C11H12Cl2N4/c1-2-14-6-11-7-15-16-17(11)10-4-8(12)3-9(13)5-10/h3-5,7,14H,2,6H2,1H3. The molecule has 2 aromatic rings. The van der Waals surface area contributed by atoms with E-state index in [0.717, 1.165) is 17.9 Å². The van der Waals surface area contributed by atoms with Crippen molar-refractivity contribution in [1.29, 1.82) is 0 Å². The summed E-state index contributed by atoms with van der Waals surface area (Å²) in [4.78, 5) is 0. The average Bonchev–Trinajstić information content (AvgIpc) is 2.73. The fourth-order valence-electron chi connectivity index (χ4n) is 1.51. The van der Waals surface area contributed by atoms with Gasteiger partial charge >= 0.3 is 0 Å². The molecule has 1 heterocycles. The first-order valence-corrected chi connectivity index (χ1v) is 6.03. The Hall–Kier alpha value is -1.10. The van der Waals surface area contributed by atoms with Gasteiger partial charge in [0, 0.05) is 16.6 Å². The Morgan fingerprint density at radius 1 is 1.24 bits per heavy atom. The van der Waals surface area contributed by atoms with Crippen LogP contribution < -0.4 is 5.32 Å². The SMILES string of the molecule is CCNCc1cnnn1-c1cc(Cl)cc(Cl)c1. The molecule has 0 saturated heterocycles. The van der Waals surface area contributed by atoms with E-state index in [1.165, 1.54) is 0 Å². The zero-order chi connectivity index (χ0) is 12.3. The van der Waals surface area contributed by atoms with E-state index in [9.17, 15) is 0 Å². The number of benzene rings is 1. The molecule has 0 radical (unpaired) electrons. The summed E-state index contributed by atoms with van der Waals surface area (Å²) in [5.74, 6) is 0. The fourth-order valence-corrected chi connectivity index (χ4v) is 2.02. The summed E-state index contributed by atoms with van der Waals surface area (Å²) in [5.41, 5.74) is 1.78. The van der Waals surface area contributed by atoms with Crippen LogP contribution in [-0.2, 0) is 6.54 Å².